The van der Waals surface area contributed by atoms with Crippen LogP contribution in [0.1, 0.15) is 11.1 Å². The molecule has 2 nitrogen and oxygen atoms in total. The molecule has 0 amide bonds. The molecule has 150 valence electrons. The summed E-state index contributed by atoms with van der Waals surface area (Å²) in [4.78, 5) is 5.06. The van der Waals surface area contributed by atoms with E-state index < -0.39 is 0 Å². The number of likely N-dealkylation sites (N-methyl/N-ethyl adjacent to an activating group) is 1. The van der Waals surface area contributed by atoms with E-state index in [1.807, 2.05) is 18.2 Å². The van der Waals surface area contributed by atoms with Crippen molar-refractivity contribution in [3.8, 4) is 11.1 Å². The second kappa shape index (κ2) is 9.32. The maximum Gasteiger partial charge on any atom is 0.0670 e. The van der Waals surface area contributed by atoms with E-state index in [1.54, 1.807) is 0 Å². The number of piperazine rings is 1. The smallest absolute Gasteiger partial charge is 0.0670 e. The van der Waals surface area contributed by atoms with E-state index in [0.29, 0.717) is 16.1 Å². The molecule has 3 aromatic carbocycles. The van der Waals surface area contributed by atoms with Crippen LogP contribution in [-0.2, 0) is 13.0 Å². The van der Waals surface area contributed by atoms with Gasteiger partial charge in [-0.2, -0.15) is 0 Å². The summed E-state index contributed by atoms with van der Waals surface area (Å²) in [5.74, 6) is 0. The van der Waals surface area contributed by atoms with Gasteiger partial charge >= 0.3 is 0 Å². The Hall–Kier alpha value is -1.84. The number of benzene rings is 3. The minimum Gasteiger partial charge on any atom is -0.301 e. The largest absolute Gasteiger partial charge is 0.301 e. The van der Waals surface area contributed by atoms with E-state index in [0.717, 1.165) is 43.7 Å². The average molecular weight is 425 g/mol. The van der Waals surface area contributed by atoms with E-state index in [1.165, 1.54) is 11.1 Å². The first-order valence-corrected chi connectivity index (χ1v) is 10.9. The minimum atomic E-state index is 0.552. The van der Waals surface area contributed by atoms with Crippen LogP contribution in [-0.4, -0.2) is 42.5 Å². The predicted octanol–water partition coefficient (Wildman–Crippen LogP) is 6.02. The number of halogens is 2. The topological polar surface area (TPSA) is 6.48 Å². The summed E-state index contributed by atoms with van der Waals surface area (Å²) in [6.45, 7) is 4.27. The Balaban J connectivity index is 1.41. The molecule has 1 atom stereocenters. The van der Waals surface area contributed by atoms with E-state index in [4.69, 9.17) is 23.2 Å². The van der Waals surface area contributed by atoms with E-state index in [2.05, 4.69) is 71.4 Å². The average Bonchev–Trinajstić information content (AvgIpc) is 2.74. The van der Waals surface area contributed by atoms with Crippen molar-refractivity contribution in [2.45, 2.75) is 19.0 Å². The number of hydrogen-bond donors (Lipinski definition) is 0. The van der Waals surface area contributed by atoms with Crippen molar-refractivity contribution in [1.29, 1.82) is 0 Å². The van der Waals surface area contributed by atoms with Crippen molar-refractivity contribution >= 4 is 23.2 Å². The first-order valence-electron chi connectivity index (χ1n) is 10.1. The molecule has 1 heterocycles. The Labute approximate surface area is 183 Å². The monoisotopic (exact) mass is 424 g/mol. The van der Waals surface area contributed by atoms with Crippen molar-refractivity contribution in [3.05, 3.63) is 94.0 Å². The van der Waals surface area contributed by atoms with Crippen LogP contribution >= 0.6 is 23.2 Å². The van der Waals surface area contributed by atoms with E-state index >= 15 is 0 Å². The molecule has 3 aromatic rings. The Bertz CT molecular complexity index is 941. The van der Waals surface area contributed by atoms with Crippen LogP contribution < -0.4 is 0 Å². The highest BCUT2D eigenvalue weighted by molar-refractivity contribution is 6.43. The molecule has 1 aliphatic heterocycles. The van der Waals surface area contributed by atoms with Gasteiger partial charge in [0, 0.05) is 37.8 Å². The normalized spacial score (nSPS) is 18.1. The maximum atomic E-state index is 6.37. The molecule has 0 radical (unpaired) electrons. The van der Waals surface area contributed by atoms with Gasteiger partial charge in [-0.05, 0) is 36.2 Å². The van der Waals surface area contributed by atoms with Crippen LogP contribution in [0.25, 0.3) is 11.1 Å². The summed E-state index contributed by atoms with van der Waals surface area (Å²) in [6, 6.07) is 25.8. The van der Waals surface area contributed by atoms with Gasteiger partial charge in [0.15, 0.2) is 0 Å². The molecule has 0 saturated carbocycles. The number of nitrogens with zero attached hydrogens (tertiary/aromatic N) is 2. The maximum absolute atomic E-state index is 6.37. The third kappa shape index (κ3) is 5.02. The van der Waals surface area contributed by atoms with Crippen molar-refractivity contribution in [1.82, 2.24) is 9.80 Å². The second-order valence-corrected chi connectivity index (χ2v) is 8.64. The van der Waals surface area contributed by atoms with Gasteiger partial charge in [0.1, 0.15) is 0 Å². The van der Waals surface area contributed by atoms with Crippen LogP contribution in [0.4, 0.5) is 0 Å². The summed E-state index contributed by atoms with van der Waals surface area (Å²) in [7, 11) is 2.24. The summed E-state index contributed by atoms with van der Waals surface area (Å²) in [5, 5.41) is 1.21. The van der Waals surface area contributed by atoms with Crippen LogP contribution in [0.15, 0.2) is 72.8 Å². The lowest BCUT2D eigenvalue weighted by atomic mass is 10.0. The Morgan fingerprint density at radius 3 is 2.34 bits per heavy atom. The molecule has 4 rings (SSSR count). The summed E-state index contributed by atoms with van der Waals surface area (Å²) < 4.78 is 0. The van der Waals surface area contributed by atoms with Crippen LogP contribution in [0.3, 0.4) is 0 Å². The van der Waals surface area contributed by atoms with Crippen LogP contribution in [0.5, 0.6) is 0 Å². The molecule has 1 unspecified atom stereocenters. The summed E-state index contributed by atoms with van der Waals surface area (Å²) in [5.41, 5.74) is 4.82. The van der Waals surface area contributed by atoms with Gasteiger partial charge in [-0.15, -0.1) is 0 Å². The molecule has 1 fully saturated rings. The van der Waals surface area contributed by atoms with E-state index in [9.17, 15) is 0 Å². The molecule has 1 aliphatic rings. The molecule has 0 spiro atoms. The molecule has 0 bridgehead atoms. The first-order chi connectivity index (χ1) is 14.1. The summed E-state index contributed by atoms with van der Waals surface area (Å²) in [6.07, 6.45) is 1.10. The molecular weight excluding hydrogens is 399 g/mol. The highest BCUT2D eigenvalue weighted by Gasteiger charge is 2.24. The Kier molecular flexibility index (Phi) is 6.56. The lowest BCUT2D eigenvalue weighted by molar-refractivity contribution is 0.0905. The number of rotatable bonds is 5. The SMILES string of the molecule is CN1CCN(Cc2ccc(-c3cccc(Cl)c3Cl)cc2)CC1Cc1ccccc1. The quantitative estimate of drug-likeness (QED) is 0.493. The molecule has 0 N–H and O–H groups in total. The Morgan fingerprint density at radius 1 is 0.828 bits per heavy atom. The van der Waals surface area contributed by atoms with Gasteiger partial charge < -0.3 is 4.90 Å². The first kappa shape index (κ1) is 20.4. The zero-order valence-electron chi connectivity index (χ0n) is 16.7. The van der Waals surface area contributed by atoms with Crippen molar-refractivity contribution in [2.24, 2.45) is 0 Å². The highest BCUT2D eigenvalue weighted by atomic mass is 35.5. The third-order valence-corrected chi connectivity index (χ3v) is 6.62. The van der Waals surface area contributed by atoms with Crippen LogP contribution in [0, 0.1) is 0 Å². The molecule has 1 saturated heterocycles. The van der Waals surface area contributed by atoms with E-state index in [-0.39, 0.29) is 0 Å². The van der Waals surface area contributed by atoms with Crippen LogP contribution in [0.2, 0.25) is 10.0 Å². The highest BCUT2D eigenvalue weighted by Crippen LogP contribution is 2.33. The Morgan fingerprint density at radius 2 is 1.59 bits per heavy atom. The molecule has 0 aromatic heterocycles. The molecule has 4 heteroatoms. The zero-order chi connectivity index (χ0) is 20.2. The lowest BCUT2D eigenvalue weighted by Gasteiger charge is -2.39. The van der Waals surface area contributed by atoms with Gasteiger partial charge in [-0.3, -0.25) is 4.90 Å². The van der Waals surface area contributed by atoms with Crippen molar-refractivity contribution < 1.29 is 0 Å². The fraction of sp³-hybridized carbons (Fsp3) is 0.280. The van der Waals surface area contributed by atoms with Gasteiger partial charge in [0.25, 0.3) is 0 Å². The summed E-state index contributed by atoms with van der Waals surface area (Å²) >= 11 is 12.5. The lowest BCUT2D eigenvalue weighted by Crippen LogP contribution is -2.51. The van der Waals surface area contributed by atoms with Gasteiger partial charge in [-0.25, -0.2) is 0 Å². The fourth-order valence-corrected chi connectivity index (χ4v) is 4.44. The standard InChI is InChI=1S/C25H26Cl2N2/c1-28-14-15-29(18-22(28)16-19-6-3-2-4-7-19)17-20-10-12-21(13-11-20)23-8-5-9-24(26)25(23)27/h2-13,22H,14-18H2,1H3. The molecule has 0 aliphatic carbocycles. The number of hydrogen-bond acceptors (Lipinski definition) is 2. The minimum absolute atomic E-state index is 0.552. The second-order valence-electron chi connectivity index (χ2n) is 7.86. The van der Waals surface area contributed by atoms with Crippen molar-refractivity contribution in [2.75, 3.05) is 26.7 Å². The van der Waals surface area contributed by atoms with Crippen molar-refractivity contribution in [3.63, 3.8) is 0 Å². The molecule has 29 heavy (non-hydrogen) atoms. The zero-order valence-corrected chi connectivity index (χ0v) is 18.2. The van der Waals surface area contributed by atoms with Gasteiger partial charge in [0.2, 0.25) is 0 Å². The third-order valence-electron chi connectivity index (χ3n) is 5.80. The fourth-order valence-electron chi connectivity index (χ4n) is 4.04. The van der Waals surface area contributed by atoms with Gasteiger partial charge in [-0.1, -0.05) is 89.9 Å². The molecular formula is C25H26Cl2N2. The van der Waals surface area contributed by atoms with Gasteiger partial charge in [0.05, 0.1) is 10.0 Å². The predicted molar refractivity (Wildman–Crippen MR) is 124 cm³/mol.